The number of esters is 1. The zero-order chi connectivity index (χ0) is 79.0. The summed E-state index contributed by atoms with van der Waals surface area (Å²) in [5.41, 5.74) is 26.4. The number of carbonyl (C=O) groups is 14. The summed E-state index contributed by atoms with van der Waals surface area (Å²) in [4.78, 5) is 202. The average molecular weight is 1500 g/mol. The molecule has 0 spiro atoms. The second kappa shape index (κ2) is 43.7. The number of aliphatic hydroxyl groups is 1. The zero-order valence-electron chi connectivity index (χ0n) is 61.7. The summed E-state index contributed by atoms with van der Waals surface area (Å²) in [6.07, 6.45) is 2.51. The lowest BCUT2D eigenvalue weighted by atomic mass is 9.97. The van der Waals surface area contributed by atoms with Crippen LogP contribution < -0.4 is 86.7 Å². The molecule has 0 aliphatic carbocycles. The second-order valence-electron chi connectivity index (χ2n) is 27.1. The molecule has 1 saturated heterocycles. The van der Waals surface area contributed by atoms with Crippen LogP contribution in [0.5, 0.6) is 0 Å². The van der Waals surface area contributed by atoms with Crippen LogP contribution in [-0.2, 0) is 91.1 Å². The van der Waals surface area contributed by atoms with Gasteiger partial charge >= 0.3 is 5.97 Å². The minimum Gasteiger partial charge on any atom is -0.458 e. The Morgan fingerprint density at radius 1 is 0.546 bits per heavy atom. The predicted molar refractivity (Wildman–Crippen MR) is 399 cm³/mol. The van der Waals surface area contributed by atoms with Gasteiger partial charge in [-0.15, -0.1) is 0 Å². The number of cyclic esters (lactones) is 1. The number of hydrogen-bond donors (Lipinski definition) is 19. The molecule has 3 aromatic carbocycles. The largest absolute Gasteiger partial charge is 0.458 e. The van der Waals surface area contributed by atoms with E-state index in [0.717, 1.165) is 6.42 Å². The van der Waals surface area contributed by atoms with Gasteiger partial charge < -0.3 is 107 Å². The van der Waals surface area contributed by atoms with E-state index >= 15 is 0 Å². The van der Waals surface area contributed by atoms with Gasteiger partial charge in [-0.3, -0.25) is 62.3 Å². The number of carbonyl (C=O) groups excluding carboxylic acids is 14. The Hall–Kier alpha value is -10.8. The van der Waals surface area contributed by atoms with E-state index in [0.29, 0.717) is 51.3 Å². The van der Waals surface area contributed by atoms with Gasteiger partial charge in [-0.1, -0.05) is 107 Å². The molecule has 2 aromatic heterocycles. The molecule has 6 rings (SSSR count). The lowest BCUT2D eigenvalue weighted by Gasteiger charge is -2.30. The van der Waals surface area contributed by atoms with Gasteiger partial charge in [0.2, 0.25) is 76.8 Å². The summed E-state index contributed by atoms with van der Waals surface area (Å²) >= 11 is 0. The van der Waals surface area contributed by atoms with Crippen LogP contribution in [0.3, 0.4) is 0 Å². The maximum Gasteiger partial charge on any atom is 0.331 e. The van der Waals surface area contributed by atoms with Crippen molar-refractivity contribution in [2.45, 2.75) is 191 Å². The molecule has 588 valence electrons. The van der Waals surface area contributed by atoms with Gasteiger partial charge in [0.15, 0.2) is 6.04 Å². The molecule has 23 N–H and O–H groups in total. The smallest absolute Gasteiger partial charge is 0.331 e. The van der Waals surface area contributed by atoms with E-state index in [1.165, 1.54) is 6.92 Å². The van der Waals surface area contributed by atoms with E-state index < -0.39 is 181 Å². The number of amides is 13. The first-order chi connectivity index (χ1) is 51.7. The third-order valence-electron chi connectivity index (χ3n) is 18.8. The number of aromatic nitrogens is 2. The van der Waals surface area contributed by atoms with Crippen molar-refractivity contribution in [3.63, 3.8) is 0 Å². The number of primary amides is 1. The fourth-order valence-corrected chi connectivity index (χ4v) is 12.1. The van der Waals surface area contributed by atoms with Crippen LogP contribution in [0.25, 0.3) is 21.8 Å². The Morgan fingerprint density at radius 2 is 1.02 bits per heavy atom. The lowest BCUT2D eigenvalue weighted by Crippen LogP contribution is -2.62. The number of ether oxygens (including phenoxy) is 1. The molecule has 0 bridgehead atoms. The molecule has 13 atom stereocenters. The Bertz CT molecular complexity index is 3910. The monoisotopic (exact) mass is 1500 g/mol. The van der Waals surface area contributed by atoms with E-state index in [-0.39, 0.29) is 89.8 Å². The number of aliphatic hydroxyl groups excluding tert-OH is 1. The van der Waals surface area contributed by atoms with Gasteiger partial charge in [0.25, 0.3) is 0 Å². The molecular weight excluding hydrogens is 1400 g/mol. The van der Waals surface area contributed by atoms with E-state index in [4.69, 9.17) is 27.7 Å². The Morgan fingerprint density at radius 3 is 1.54 bits per heavy atom. The molecule has 1 fully saturated rings. The number of H-pyrrole nitrogens is 2. The standard InChI is InChI=1S/C74H106N18O16/c1-6-41(3)27-28-60(95)84-57(35-59(78)94)70(103)88-54(32-44-18-9-8-10-19-44)68(101)90-55(33-45-36-79-49-22-13-11-20-47(45)49)69(102)87-53(26-17-31-77)67(100)86-51(24-15-29-75)65(98)81-38-61(96)83-52(25-16-30-76)66(99)89-56(34-46-37-80-50-23-14-12-21-48(46)50)71(104)92-64-43(5)108-74(107)58(40-93)85-62(97)39-82-72(105)63(42(4)7-2)91-73(64)106/h8-14,18-23,36-37,41-43,51-58,63-64,79-80,93H,6-7,15-17,24-35,38-40,75-77H2,1-5H3,(H2,78,94)(H,81,98)(H,82,105)(H,83,96)(H,84,95)(H,85,97)(H,86,100)(H,87,102)(H,88,103)(H,89,99)(H,90,101)(H,91,106)(H,92,104)/t41?,42-,43+,51-,52+,53+,54+,55+,56-,57+,58-,63-,64-/m0/s1. The van der Waals surface area contributed by atoms with Crippen molar-refractivity contribution >= 4 is 105 Å². The highest BCUT2D eigenvalue weighted by Crippen LogP contribution is 2.23. The lowest BCUT2D eigenvalue weighted by molar-refractivity contribution is -0.157. The number of aromatic amines is 2. The maximum absolute atomic E-state index is 15.0. The molecule has 1 aliphatic heterocycles. The van der Waals surface area contributed by atoms with Crippen LogP contribution in [0.4, 0.5) is 0 Å². The number of rotatable bonds is 41. The average Bonchev–Trinajstić information content (AvgIpc) is 1.62. The highest BCUT2D eigenvalue weighted by atomic mass is 16.5. The first-order valence-corrected chi connectivity index (χ1v) is 36.6. The van der Waals surface area contributed by atoms with Crippen molar-refractivity contribution in [2.24, 2.45) is 34.8 Å². The van der Waals surface area contributed by atoms with Crippen molar-refractivity contribution in [3.05, 3.63) is 108 Å². The molecule has 108 heavy (non-hydrogen) atoms. The summed E-state index contributed by atoms with van der Waals surface area (Å²) in [6.45, 7) is 6.41. The summed E-state index contributed by atoms with van der Waals surface area (Å²) in [5, 5.41) is 42.6. The highest BCUT2D eigenvalue weighted by Gasteiger charge is 2.40. The molecule has 0 saturated carbocycles. The highest BCUT2D eigenvalue weighted by molar-refractivity contribution is 6.01. The SMILES string of the molecule is CCC(C)CCC(=O)N[C@H](CC(N)=O)C(=O)N[C@H](Cc1ccccc1)C(=O)N[C@H](Cc1c[nH]c2ccccc12)C(=O)N[C@H](CCCN)C(=O)N[C@@H](CCCN)C(=O)NCC(=O)N[C@H](CCCN)C(=O)N[C@@H](Cc1c[nH]c2ccccc12)C(=O)N[C@@H]1C(=O)N[C@@H]([C@@H](C)CC)C(=O)NCC(=O)N[C@@H](CO)C(=O)O[C@@H]1C. The second-order valence-corrected chi connectivity index (χ2v) is 27.1. The van der Waals surface area contributed by atoms with E-state index in [1.807, 2.05) is 19.9 Å². The minimum absolute atomic E-state index is 0.0338. The van der Waals surface area contributed by atoms with E-state index in [1.54, 1.807) is 99.0 Å². The molecule has 3 heterocycles. The molecule has 34 heteroatoms. The number of hydrogen-bond acceptors (Lipinski definition) is 19. The molecule has 34 nitrogen and oxygen atoms in total. The van der Waals surface area contributed by atoms with Crippen LogP contribution in [0.2, 0.25) is 0 Å². The Balaban J connectivity index is 1.22. The minimum atomic E-state index is -1.78. The number of nitrogens with two attached hydrogens (primary N) is 4. The third-order valence-corrected chi connectivity index (χ3v) is 18.8. The summed E-state index contributed by atoms with van der Waals surface area (Å²) < 4.78 is 5.57. The molecule has 0 radical (unpaired) electrons. The quantitative estimate of drug-likeness (QED) is 0.0182. The fraction of sp³-hybridized carbons (Fsp3) is 0.514. The fourth-order valence-electron chi connectivity index (χ4n) is 12.1. The van der Waals surface area contributed by atoms with Gasteiger partial charge in [-0.2, -0.15) is 0 Å². The van der Waals surface area contributed by atoms with Gasteiger partial charge in [0.05, 0.1) is 26.1 Å². The van der Waals surface area contributed by atoms with Crippen LogP contribution in [0.15, 0.2) is 91.3 Å². The number of benzene rings is 3. The third kappa shape index (κ3) is 26.6. The van der Waals surface area contributed by atoms with Crippen molar-refractivity contribution in [1.82, 2.24) is 73.8 Å². The molecule has 1 unspecified atom stereocenters. The topological polar surface area (TPSA) is 548 Å². The van der Waals surface area contributed by atoms with Crippen LogP contribution in [0, 0.1) is 11.8 Å². The summed E-state index contributed by atoms with van der Waals surface area (Å²) in [6, 6.07) is 7.97. The number of para-hydroxylation sites is 2. The maximum atomic E-state index is 15.0. The zero-order valence-corrected chi connectivity index (χ0v) is 61.7. The first-order valence-electron chi connectivity index (χ1n) is 36.6. The summed E-state index contributed by atoms with van der Waals surface area (Å²) in [5.74, 6) is -12.8. The van der Waals surface area contributed by atoms with Gasteiger partial charge in [-0.25, -0.2) is 4.79 Å². The summed E-state index contributed by atoms with van der Waals surface area (Å²) in [7, 11) is 0. The van der Waals surface area contributed by atoms with Gasteiger partial charge in [0.1, 0.15) is 60.5 Å². The Kier molecular flexibility index (Phi) is 34.8. The van der Waals surface area contributed by atoms with Crippen molar-refractivity contribution in [3.8, 4) is 0 Å². The predicted octanol–water partition coefficient (Wildman–Crippen LogP) is -2.34. The van der Waals surface area contributed by atoms with Crippen LogP contribution in [-0.4, -0.2) is 204 Å². The molecule has 1 aliphatic rings. The normalized spacial score (nSPS) is 18.0. The van der Waals surface area contributed by atoms with Gasteiger partial charge in [-0.05, 0) is 112 Å². The van der Waals surface area contributed by atoms with Crippen LogP contribution >= 0.6 is 0 Å². The molecular formula is C74H106N18O16. The van der Waals surface area contributed by atoms with E-state index in [9.17, 15) is 72.2 Å². The molecule has 5 aromatic rings. The van der Waals surface area contributed by atoms with E-state index in [2.05, 4.69) is 73.8 Å². The van der Waals surface area contributed by atoms with Gasteiger partial charge in [0, 0.05) is 59.9 Å². The van der Waals surface area contributed by atoms with Crippen molar-refractivity contribution in [2.75, 3.05) is 39.3 Å². The Labute approximate surface area is 625 Å². The first kappa shape index (κ1) is 86.1. The number of nitrogens with one attached hydrogen (secondary N) is 14. The van der Waals surface area contributed by atoms with Crippen molar-refractivity contribution in [1.29, 1.82) is 0 Å². The van der Waals surface area contributed by atoms with Crippen molar-refractivity contribution < 1.29 is 77.0 Å². The molecule has 13 amide bonds. The van der Waals surface area contributed by atoms with Crippen LogP contribution in [0.1, 0.15) is 122 Å². The number of fused-ring (bicyclic) bond motifs is 2.